The highest BCUT2D eigenvalue weighted by Crippen LogP contribution is 2.39. The van der Waals surface area contributed by atoms with Gasteiger partial charge in [-0.1, -0.05) is 0 Å². The van der Waals surface area contributed by atoms with Crippen molar-refractivity contribution in [3.05, 3.63) is 0 Å². The second-order valence-corrected chi connectivity index (χ2v) is 13.3. The van der Waals surface area contributed by atoms with Gasteiger partial charge in [-0.15, -0.1) is 0 Å². The lowest BCUT2D eigenvalue weighted by molar-refractivity contribution is -0.396. The van der Waals surface area contributed by atoms with E-state index in [1.165, 1.54) is 6.92 Å². The first-order valence-corrected chi connectivity index (χ1v) is 16.6. The third-order valence-electron chi connectivity index (χ3n) is 9.54. The first kappa shape index (κ1) is 43.9. The van der Waals surface area contributed by atoms with Crippen molar-refractivity contribution in [2.75, 3.05) is 19.8 Å². The maximum atomic E-state index is 12.8. The molecule has 0 aromatic carbocycles. The van der Waals surface area contributed by atoms with Gasteiger partial charge in [0.1, 0.15) is 85.5 Å². The predicted molar refractivity (Wildman–Crippen MR) is 161 cm³/mol. The van der Waals surface area contributed by atoms with Gasteiger partial charge in [0.05, 0.1) is 38.1 Å². The molecule has 53 heavy (non-hydrogen) atoms. The zero-order valence-corrected chi connectivity index (χ0v) is 28.3. The van der Waals surface area contributed by atoms with Crippen LogP contribution in [0.3, 0.4) is 0 Å². The average molecular weight is 780 g/mol. The molecule has 4 saturated heterocycles. The highest BCUT2D eigenvalue weighted by Gasteiger charge is 2.60. The number of hydrogen-bond donors (Lipinski definition) is 15. The molecule has 15 N–H and O–H groups in total. The van der Waals surface area contributed by atoms with E-state index in [0.717, 1.165) is 6.92 Å². The Kier molecular flexibility index (Phi) is 14.9. The van der Waals surface area contributed by atoms with E-state index >= 15 is 0 Å². The topological polar surface area (TPSA) is 394 Å². The molecule has 4 aliphatic heterocycles. The Hall–Kier alpha value is -1.86. The summed E-state index contributed by atoms with van der Waals surface area (Å²) in [7, 11) is 0. The van der Waals surface area contributed by atoms with Crippen LogP contribution >= 0.6 is 0 Å². The van der Waals surface area contributed by atoms with Crippen molar-refractivity contribution in [3.8, 4) is 0 Å². The maximum absolute atomic E-state index is 12.8. The summed E-state index contributed by atoms with van der Waals surface area (Å²) in [5, 5.41) is 148. The first-order valence-electron chi connectivity index (χ1n) is 16.6. The number of carboxylic acids is 1. The smallest absolute Gasteiger partial charge is 0.364 e. The Morgan fingerprint density at radius 1 is 0.774 bits per heavy atom. The van der Waals surface area contributed by atoms with E-state index in [4.69, 9.17) is 33.2 Å². The average Bonchev–Trinajstić information content (AvgIpc) is 3.11. The first-order chi connectivity index (χ1) is 24.8. The summed E-state index contributed by atoms with van der Waals surface area (Å²) in [4.78, 5) is 24.6. The Morgan fingerprint density at radius 2 is 1.38 bits per heavy atom. The number of carboxylic acid groups (broad SMARTS) is 1. The van der Waals surface area contributed by atoms with Crippen molar-refractivity contribution in [1.29, 1.82) is 0 Å². The molecule has 0 aromatic rings. The summed E-state index contributed by atoms with van der Waals surface area (Å²) in [6, 6.07) is -1.59. The van der Waals surface area contributed by atoms with Crippen LogP contribution in [0, 0.1) is 0 Å². The summed E-state index contributed by atoms with van der Waals surface area (Å²) in [5.74, 6) is -5.90. The number of carbonyl (C=O) groups is 2. The van der Waals surface area contributed by atoms with E-state index in [2.05, 4.69) is 5.32 Å². The van der Waals surface area contributed by atoms with Crippen LogP contribution in [0.4, 0.5) is 0 Å². The van der Waals surface area contributed by atoms with Crippen LogP contribution in [0.1, 0.15) is 20.3 Å². The molecular formula is C29H49NO23. The quantitative estimate of drug-likeness (QED) is 0.0825. The van der Waals surface area contributed by atoms with E-state index in [-0.39, 0.29) is 0 Å². The SMILES string of the molecule is CC(=O)N[C@H]1[C@H]([C@H](O)[C@H](O)CO)O[C@@](O[C@H]2[C@@H](O)[C@@H](CO)O[C@@H](O[C@H]3[C@H](O[C@@H]4O[C@@H](C)[C@@H](O)[C@@H](O)[C@@H]4O)[C@@H](O)[C@H](O)O[C@@H]3CO)[C@@H]2O)(C(=O)O)C[C@@H]1O. The maximum Gasteiger partial charge on any atom is 0.364 e. The standard InChI is InChI=1S/C29H49NO23/c1-7-14(37)17(40)18(41)26(47-7)51-24-19(42)25(44)48-12(6-33)21(24)50-27-20(43)23(16(39)11(5-32)49-27)53-29(28(45)46)3-9(35)13(30-8(2)34)22(52-29)15(38)10(36)4-31/h7,9-27,31-33,35-44H,3-6H2,1-2H3,(H,30,34)(H,45,46)/t7-,9-,10+,11+,12+,13+,14+,15+,16-,17+,18-,19+,20+,21+,22+,23-,24+,25+,26-,27-,29-/m0/s1. The minimum Gasteiger partial charge on any atom is -0.477 e. The normalized spacial score (nSPS) is 47.8. The van der Waals surface area contributed by atoms with Crippen molar-refractivity contribution in [2.24, 2.45) is 0 Å². The van der Waals surface area contributed by atoms with Crippen LogP contribution in [0.2, 0.25) is 0 Å². The zero-order valence-electron chi connectivity index (χ0n) is 28.3. The Labute approximate surface area is 300 Å². The number of nitrogens with one attached hydrogen (secondary N) is 1. The molecule has 0 unspecified atom stereocenters. The minimum absolute atomic E-state index is 0.779. The van der Waals surface area contributed by atoms with Crippen molar-refractivity contribution in [1.82, 2.24) is 5.32 Å². The summed E-state index contributed by atoms with van der Waals surface area (Å²) in [6.45, 7) is -0.758. The predicted octanol–water partition coefficient (Wildman–Crippen LogP) is -9.37. The number of aliphatic hydroxyl groups excluding tert-OH is 13. The highest BCUT2D eigenvalue weighted by molar-refractivity contribution is 5.76. The van der Waals surface area contributed by atoms with Gasteiger partial charge in [-0.3, -0.25) is 4.79 Å². The fraction of sp³-hybridized carbons (Fsp3) is 0.931. The summed E-state index contributed by atoms with van der Waals surface area (Å²) < 4.78 is 38.8. The Bertz CT molecular complexity index is 1220. The van der Waals surface area contributed by atoms with Crippen molar-refractivity contribution in [3.63, 3.8) is 0 Å². The molecule has 4 rings (SSSR count). The monoisotopic (exact) mass is 779 g/mol. The van der Waals surface area contributed by atoms with E-state index in [9.17, 15) is 81.1 Å². The largest absolute Gasteiger partial charge is 0.477 e. The van der Waals surface area contributed by atoms with Crippen LogP contribution in [0.5, 0.6) is 0 Å². The molecule has 0 aromatic heterocycles. The van der Waals surface area contributed by atoms with Crippen molar-refractivity contribution in [2.45, 2.75) is 149 Å². The van der Waals surface area contributed by atoms with Gasteiger partial charge in [-0.05, 0) is 6.92 Å². The molecule has 0 spiro atoms. The molecule has 0 saturated carbocycles. The Balaban J connectivity index is 1.66. The van der Waals surface area contributed by atoms with Gasteiger partial charge in [0.2, 0.25) is 5.91 Å². The number of aliphatic hydroxyl groups is 13. The molecule has 4 fully saturated rings. The molecule has 308 valence electrons. The third-order valence-corrected chi connectivity index (χ3v) is 9.54. The second-order valence-electron chi connectivity index (χ2n) is 13.3. The van der Waals surface area contributed by atoms with E-state index in [1.54, 1.807) is 0 Å². The van der Waals surface area contributed by atoms with E-state index in [0.29, 0.717) is 0 Å². The van der Waals surface area contributed by atoms with Crippen LogP contribution in [-0.4, -0.2) is 232 Å². The van der Waals surface area contributed by atoms with Gasteiger partial charge in [-0.2, -0.15) is 0 Å². The van der Waals surface area contributed by atoms with Crippen LogP contribution in [-0.2, 0) is 42.7 Å². The Morgan fingerprint density at radius 3 is 1.94 bits per heavy atom. The molecule has 1 amide bonds. The van der Waals surface area contributed by atoms with E-state index in [1.807, 2.05) is 0 Å². The number of ether oxygens (including phenoxy) is 7. The lowest BCUT2D eigenvalue weighted by Gasteiger charge is -2.51. The second kappa shape index (κ2) is 17.9. The molecule has 0 bridgehead atoms. The fourth-order valence-corrected chi connectivity index (χ4v) is 6.58. The number of hydrogen-bond acceptors (Lipinski definition) is 22. The molecule has 0 radical (unpaired) electrons. The fourth-order valence-electron chi connectivity index (χ4n) is 6.58. The molecule has 4 aliphatic rings. The third kappa shape index (κ3) is 9.08. The summed E-state index contributed by atoms with van der Waals surface area (Å²) >= 11 is 0. The van der Waals surface area contributed by atoms with Gasteiger partial charge < -0.3 is 110 Å². The molecule has 0 aliphatic carbocycles. The molecule has 24 heteroatoms. The number of carbonyl (C=O) groups excluding carboxylic acids is 1. The molecule has 21 atom stereocenters. The summed E-state index contributed by atoms with van der Waals surface area (Å²) in [6.07, 6.45) is -37.3. The van der Waals surface area contributed by atoms with Crippen LogP contribution in [0.15, 0.2) is 0 Å². The zero-order chi connectivity index (χ0) is 39.7. The lowest BCUT2D eigenvalue weighted by Crippen LogP contribution is -2.71. The van der Waals surface area contributed by atoms with Crippen LogP contribution in [0.25, 0.3) is 0 Å². The number of rotatable bonds is 13. The highest BCUT2D eigenvalue weighted by atomic mass is 16.8. The number of amides is 1. The minimum atomic E-state index is -3.10. The summed E-state index contributed by atoms with van der Waals surface area (Å²) in [5.41, 5.74) is 0. The lowest BCUT2D eigenvalue weighted by atomic mass is 9.88. The van der Waals surface area contributed by atoms with E-state index < -0.39 is 166 Å². The molecule has 4 heterocycles. The van der Waals surface area contributed by atoms with Crippen molar-refractivity contribution >= 4 is 11.9 Å². The molecular weight excluding hydrogens is 730 g/mol. The van der Waals surface area contributed by atoms with Gasteiger partial charge >= 0.3 is 5.97 Å². The van der Waals surface area contributed by atoms with Gasteiger partial charge in [0, 0.05) is 13.3 Å². The van der Waals surface area contributed by atoms with Crippen LogP contribution < -0.4 is 5.32 Å². The van der Waals surface area contributed by atoms with Gasteiger partial charge in [-0.25, -0.2) is 4.79 Å². The molecule has 24 nitrogen and oxygen atoms in total. The van der Waals surface area contributed by atoms with Gasteiger partial charge in [0.25, 0.3) is 5.79 Å². The number of aliphatic carboxylic acids is 1. The van der Waals surface area contributed by atoms with Crippen molar-refractivity contribution < 1.29 is 114 Å². The van der Waals surface area contributed by atoms with Gasteiger partial charge in [0.15, 0.2) is 18.9 Å².